The average Bonchev–Trinajstić information content (AvgIpc) is 3.12. The molecule has 0 aliphatic heterocycles. The molecule has 0 aliphatic carbocycles. The van der Waals surface area contributed by atoms with Gasteiger partial charge >= 0.3 is 0 Å². The van der Waals surface area contributed by atoms with Crippen molar-refractivity contribution in [3.05, 3.63) is 156 Å². The van der Waals surface area contributed by atoms with E-state index in [0.717, 1.165) is 0 Å². The van der Waals surface area contributed by atoms with E-state index in [0.29, 0.717) is 21.2 Å². The zero-order chi connectivity index (χ0) is 37.3. The molecular formula is C36H26Cl2N2O8S4. The Labute approximate surface area is 311 Å². The molecule has 0 saturated heterocycles. The number of sulfone groups is 2. The minimum absolute atomic E-state index is 0.00356. The first-order chi connectivity index (χ1) is 24.5. The summed E-state index contributed by atoms with van der Waals surface area (Å²) >= 11 is 11.7. The van der Waals surface area contributed by atoms with Crippen LogP contribution in [0.25, 0.3) is 11.1 Å². The van der Waals surface area contributed by atoms with Crippen molar-refractivity contribution in [1.82, 2.24) is 0 Å². The van der Waals surface area contributed by atoms with Crippen molar-refractivity contribution in [2.45, 2.75) is 29.4 Å². The maximum Gasteiger partial charge on any atom is 0.261 e. The normalized spacial score (nSPS) is 12.3. The van der Waals surface area contributed by atoms with Crippen LogP contribution >= 0.6 is 23.2 Å². The standard InChI is InChI=1S/C36H26Cl2N2O8S4/c37-27-5-17-35(18-6-27)51(45,46)39-29-9-21-33(22-10-29)49(41,42)31-13-1-25(2-14-31)26-3-15-32(16-4-26)50(43,44)34-23-11-30(12-24-34)40-52(47,48)36-19-7-28(38)8-20-36/h1-24,39-40H. The van der Waals surface area contributed by atoms with Crippen LogP contribution in [-0.4, -0.2) is 33.7 Å². The van der Waals surface area contributed by atoms with E-state index >= 15 is 0 Å². The molecule has 10 nitrogen and oxygen atoms in total. The molecule has 0 amide bonds. The van der Waals surface area contributed by atoms with Crippen molar-refractivity contribution < 1.29 is 33.7 Å². The molecule has 0 atom stereocenters. The van der Waals surface area contributed by atoms with Gasteiger partial charge in [-0.3, -0.25) is 9.44 Å². The summed E-state index contributed by atoms with van der Waals surface area (Å²) in [6.07, 6.45) is 0. The third kappa shape index (κ3) is 8.02. The van der Waals surface area contributed by atoms with Gasteiger partial charge in [0.15, 0.2) is 0 Å². The van der Waals surface area contributed by atoms with Gasteiger partial charge in [0.1, 0.15) is 0 Å². The Kier molecular flexibility index (Phi) is 10.2. The summed E-state index contributed by atoms with van der Waals surface area (Å²) in [6.45, 7) is 0. The Morgan fingerprint density at radius 2 is 0.538 bits per heavy atom. The number of sulfonamides is 2. The van der Waals surface area contributed by atoms with Crippen molar-refractivity contribution in [3.8, 4) is 11.1 Å². The second kappa shape index (κ2) is 14.4. The van der Waals surface area contributed by atoms with E-state index in [1.165, 1.54) is 121 Å². The molecule has 0 aliphatic rings. The van der Waals surface area contributed by atoms with Crippen molar-refractivity contribution in [1.29, 1.82) is 0 Å². The summed E-state index contributed by atoms with van der Waals surface area (Å²) in [4.78, 5) is -0.0905. The number of hydrogen-bond donors (Lipinski definition) is 2. The summed E-state index contributed by atoms with van der Waals surface area (Å²) < 4.78 is 109. The molecule has 2 N–H and O–H groups in total. The largest absolute Gasteiger partial charge is 0.280 e. The molecular weight excluding hydrogens is 788 g/mol. The molecule has 16 heteroatoms. The second-order valence-electron chi connectivity index (χ2n) is 11.2. The van der Waals surface area contributed by atoms with Gasteiger partial charge in [0.2, 0.25) is 19.7 Å². The minimum Gasteiger partial charge on any atom is -0.280 e. The van der Waals surface area contributed by atoms with Gasteiger partial charge in [-0.15, -0.1) is 0 Å². The number of rotatable bonds is 11. The molecule has 0 bridgehead atoms. The molecule has 0 aromatic heterocycles. The summed E-state index contributed by atoms with van der Waals surface area (Å²) in [5.74, 6) is 0. The highest BCUT2D eigenvalue weighted by Crippen LogP contribution is 2.29. The molecule has 0 saturated carbocycles. The fraction of sp³-hybridized carbons (Fsp3) is 0. The number of nitrogens with one attached hydrogen (secondary N) is 2. The van der Waals surface area contributed by atoms with Crippen LogP contribution in [0.1, 0.15) is 0 Å². The van der Waals surface area contributed by atoms with E-state index in [1.54, 1.807) is 24.3 Å². The highest BCUT2D eigenvalue weighted by Gasteiger charge is 2.21. The third-order valence-corrected chi connectivity index (χ3v) is 14.6. The Bertz CT molecular complexity index is 2500. The molecule has 0 unspecified atom stereocenters. The zero-order valence-corrected chi connectivity index (χ0v) is 31.3. The van der Waals surface area contributed by atoms with E-state index in [4.69, 9.17) is 23.2 Å². The van der Waals surface area contributed by atoms with Gasteiger partial charge in [-0.2, -0.15) is 0 Å². The molecule has 6 rings (SSSR count). The number of halogens is 2. The van der Waals surface area contributed by atoms with Gasteiger partial charge in [-0.25, -0.2) is 33.7 Å². The summed E-state index contributed by atoms with van der Waals surface area (Å²) in [6, 6.07) is 33.9. The number of anilines is 2. The molecule has 0 spiro atoms. The monoisotopic (exact) mass is 812 g/mol. The maximum absolute atomic E-state index is 13.3. The summed E-state index contributed by atoms with van der Waals surface area (Å²) in [7, 11) is -15.7. The van der Waals surface area contributed by atoms with Crippen LogP contribution in [0.15, 0.2) is 175 Å². The van der Waals surface area contributed by atoms with Crippen LogP contribution in [0.2, 0.25) is 10.0 Å². The Morgan fingerprint density at radius 1 is 0.308 bits per heavy atom. The predicted octanol–water partition coefficient (Wildman–Crippen LogP) is 7.93. The van der Waals surface area contributed by atoms with Crippen LogP contribution in [0.3, 0.4) is 0 Å². The van der Waals surface area contributed by atoms with Gasteiger partial charge in [-0.05, 0) is 132 Å². The lowest BCUT2D eigenvalue weighted by Gasteiger charge is -2.11. The molecule has 0 fully saturated rings. The quantitative estimate of drug-likeness (QED) is 0.133. The van der Waals surface area contributed by atoms with Gasteiger partial charge in [0.05, 0.1) is 29.4 Å². The van der Waals surface area contributed by atoms with E-state index in [2.05, 4.69) is 9.44 Å². The molecule has 0 heterocycles. The van der Waals surface area contributed by atoms with E-state index in [-0.39, 0.29) is 40.7 Å². The molecule has 6 aromatic carbocycles. The fourth-order valence-electron chi connectivity index (χ4n) is 4.99. The number of benzene rings is 6. The second-order valence-corrected chi connectivity index (χ2v) is 19.4. The van der Waals surface area contributed by atoms with Crippen LogP contribution in [-0.2, 0) is 39.7 Å². The zero-order valence-electron chi connectivity index (χ0n) is 26.5. The predicted molar refractivity (Wildman–Crippen MR) is 200 cm³/mol. The first-order valence-electron chi connectivity index (χ1n) is 15.0. The van der Waals surface area contributed by atoms with Gasteiger partial charge < -0.3 is 0 Å². The Hall–Kier alpha value is -4.70. The topological polar surface area (TPSA) is 161 Å². The lowest BCUT2D eigenvalue weighted by atomic mass is 10.1. The van der Waals surface area contributed by atoms with Crippen molar-refractivity contribution >= 4 is 74.3 Å². The van der Waals surface area contributed by atoms with Crippen LogP contribution in [0, 0.1) is 0 Å². The van der Waals surface area contributed by atoms with Crippen LogP contribution < -0.4 is 9.44 Å². The smallest absolute Gasteiger partial charge is 0.261 e. The summed E-state index contributed by atoms with van der Waals surface area (Å²) in [5, 5.41) is 0.766. The third-order valence-electron chi connectivity index (χ3n) is 7.74. The van der Waals surface area contributed by atoms with E-state index in [9.17, 15) is 33.7 Å². The lowest BCUT2D eigenvalue weighted by molar-refractivity contribution is 0.594. The van der Waals surface area contributed by atoms with Crippen molar-refractivity contribution in [3.63, 3.8) is 0 Å². The Morgan fingerprint density at radius 3 is 0.808 bits per heavy atom. The average molecular weight is 814 g/mol. The van der Waals surface area contributed by atoms with Gasteiger partial charge in [0, 0.05) is 21.4 Å². The van der Waals surface area contributed by atoms with Gasteiger partial charge in [-0.1, -0.05) is 47.5 Å². The first kappa shape index (κ1) is 37.1. The molecule has 6 aromatic rings. The Balaban J connectivity index is 1.12. The highest BCUT2D eigenvalue weighted by molar-refractivity contribution is 7.93. The SMILES string of the molecule is O=S(=O)(Nc1ccc(S(=O)(=O)c2ccc(-c3ccc(S(=O)(=O)c4ccc(NS(=O)(=O)c5ccc(Cl)cc5)cc4)cc3)cc2)cc1)c1ccc(Cl)cc1. The first-order valence-corrected chi connectivity index (χ1v) is 21.7. The van der Waals surface area contributed by atoms with Crippen molar-refractivity contribution in [2.24, 2.45) is 0 Å². The van der Waals surface area contributed by atoms with E-state index in [1.807, 2.05) is 0 Å². The van der Waals surface area contributed by atoms with E-state index < -0.39 is 39.7 Å². The molecule has 0 radical (unpaired) electrons. The summed E-state index contributed by atoms with van der Waals surface area (Å²) in [5.41, 5.74) is 1.60. The fourth-order valence-corrected chi connectivity index (χ4v) is 9.88. The molecule has 266 valence electrons. The van der Waals surface area contributed by atoms with Gasteiger partial charge in [0.25, 0.3) is 20.0 Å². The number of hydrogen-bond acceptors (Lipinski definition) is 8. The lowest BCUT2D eigenvalue weighted by Crippen LogP contribution is -2.13. The van der Waals surface area contributed by atoms with Crippen LogP contribution in [0.4, 0.5) is 11.4 Å². The molecule has 52 heavy (non-hydrogen) atoms. The highest BCUT2D eigenvalue weighted by atomic mass is 35.5. The minimum atomic E-state index is -3.96. The maximum atomic E-state index is 13.3. The van der Waals surface area contributed by atoms with Crippen molar-refractivity contribution in [2.75, 3.05) is 9.44 Å². The van der Waals surface area contributed by atoms with Crippen LogP contribution in [0.5, 0.6) is 0 Å².